The summed E-state index contributed by atoms with van der Waals surface area (Å²) < 4.78 is 0.502. The van der Waals surface area contributed by atoms with Gasteiger partial charge in [-0.05, 0) is 34.8 Å². The van der Waals surface area contributed by atoms with Crippen molar-refractivity contribution < 1.29 is 14.4 Å². The monoisotopic (exact) mass is 461 g/mol. The van der Waals surface area contributed by atoms with Crippen LogP contribution in [-0.4, -0.2) is 35.2 Å². The van der Waals surface area contributed by atoms with Crippen molar-refractivity contribution in [2.75, 3.05) is 12.5 Å². The van der Waals surface area contributed by atoms with Crippen LogP contribution in [0.3, 0.4) is 0 Å². The molecule has 0 aromatic heterocycles. The molecule has 160 valence electrons. The zero-order valence-electron chi connectivity index (χ0n) is 17.4. The van der Waals surface area contributed by atoms with Gasteiger partial charge in [-0.2, -0.15) is 10.3 Å². The summed E-state index contributed by atoms with van der Waals surface area (Å²) in [6.45, 7) is 0. The fraction of sp³-hybridized carbons (Fsp3) is 0.250. The SMILES string of the molecule is CSC(SC)=C(C#N)C(=O)N1NC(=O)C2C3c4ccccc4C(c4ccccc43)C2C1=O. The molecule has 1 heterocycles. The highest BCUT2D eigenvalue weighted by Crippen LogP contribution is 2.59. The van der Waals surface area contributed by atoms with Crippen molar-refractivity contribution in [3.8, 4) is 6.07 Å². The molecule has 6 rings (SSSR count). The summed E-state index contributed by atoms with van der Waals surface area (Å²) in [7, 11) is 0. The van der Waals surface area contributed by atoms with Crippen LogP contribution in [0.1, 0.15) is 34.1 Å². The normalized spacial score (nSPS) is 24.6. The third-order valence-corrected chi connectivity index (χ3v) is 8.72. The molecule has 2 aromatic rings. The number of hydrazine groups is 1. The van der Waals surface area contributed by atoms with Gasteiger partial charge in [-0.1, -0.05) is 48.5 Å². The van der Waals surface area contributed by atoms with E-state index >= 15 is 0 Å². The second-order valence-corrected chi connectivity index (χ2v) is 9.79. The van der Waals surface area contributed by atoms with E-state index < -0.39 is 23.7 Å². The third-order valence-electron chi connectivity index (χ3n) is 6.57. The molecule has 0 radical (unpaired) electrons. The van der Waals surface area contributed by atoms with Crippen molar-refractivity contribution in [2.45, 2.75) is 11.8 Å². The molecule has 0 spiro atoms. The maximum absolute atomic E-state index is 13.7. The van der Waals surface area contributed by atoms with Crippen molar-refractivity contribution in [1.82, 2.24) is 10.4 Å². The van der Waals surface area contributed by atoms with Crippen LogP contribution in [0.25, 0.3) is 0 Å². The molecule has 8 heteroatoms. The number of hydrogen-bond donors (Lipinski definition) is 1. The number of carbonyl (C=O) groups excluding carboxylic acids is 3. The largest absolute Gasteiger partial charge is 0.291 e. The van der Waals surface area contributed by atoms with Gasteiger partial charge in [0.1, 0.15) is 11.6 Å². The summed E-state index contributed by atoms with van der Waals surface area (Å²) in [5.74, 6) is -3.49. The summed E-state index contributed by atoms with van der Waals surface area (Å²) in [5.41, 5.74) is 6.55. The molecule has 2 atom stereocenters. The highest BCUT2D eigenvalue weighted by Gasteiger charge is 2.59. The molecule has 1 N–H and O–H groups in total. The number of rotatable bonds is 3. The molecular weight excluding hydrogens is 442 g/mol. The third kappa shape index (κ3) is 2.78. The van der Waals surface area contributed by atoms with Gasteiger partial charge in [0.2, 0.25) is 5.91 Å². The summed E-state index contributed by atoms with van der Waals surface area (Å²) in [6.07, 6.45) is 3.52. The predicted molar refractivity (Wildman–Crippen MR) is 123 cm³/mol. The number of thioether (sulfide) groups is 2. The fourth-order valence-corrected chi connectivity index (χ4v) is 6.75. The maximum atomic E-state index is 13.7. The molecule has 4 aliphatic rings. The Bertz CT molecular complexity index is 1200. The zero-order chi connectivity index (χ0) is 22.6. The van der Waals surface area contributed by atoms with Gasteiger partial charge in [-0.3, -0.25) is 19.8 Å². The Hall–Kier alpha value is -3.02. The first kappa shape index (κ1) is 20.9. The lowest BCUT2D eigenvalue weighted by Crippen LogP contribution is -2.65. The predicted octanol–water partition coefficient (Wildman–Crippen LogP) is 3.37. The van der Waals surface area contributed by atoms with E-state index in [4.69, 9.17) is 0 Å². The molecule has 6 nitrogen and oxygen atoms in total. The molecule has 3 aliphatic carbocycles. The van der Waals surface area contributed by atoms with Gasteiger partial charge in [0.05, 0.1) is 16.1 Å². The van der Waals surface area contributed by atoms with Crippen molar-refractivity contribution in [3.63, 3.8) is 0 Å². The van der Waals surface area contributed by atoms with Crippen LogP contribution in [0, 0.1) is 23.2 Å². The Morgan fingerprint density at radius 3 is 1.81 bits per heavy atom. The van der Waals surface area contributed by atoms with E-state index in [9.17, 15) is 19.6 Å². The number of nitrogens with zero attached hydrogens (tertiary/aromatic N) is 2. The van der Waals surface area contributed by atoms with E-state index in [1.807, 2.05) is 54.6 Å². The smallest absolute Gasteiger partial charge is 0.273 e. The molecule has 2 bridgehead atoms. The van der Waals surface area contributed by atoms with Crippen LogP contribution < -0.4 is 5.43 Å². The molecule has 1 fully saturated rings. The van der Waals surface area contributed by atoms with Crippen LogP contribution in [0.15, 0.2) is 58.3 Å². The van der Waals surface area contributed by atoms with E-state index in [-0.39, 0.29) is 23.3 Å². The van der Waals surface area contributed by atoms with Crippen LogP contribution in [0.4, 0.5) is 0 Å². The van der Waals surface area contributed by atoms with E-state index in [1.165, 1.54) is 23.5 Å². The number of amides is 3. The quantitative estimate of drug-likeness (QED) is 0.557. The average Bonchev–Trinajstić information content (AvgIpc) is 2.83. The first-order valence-electron chi connectivity index (χ1n) is 10.1. The van der Waals surface area contributed by atoms with Gasteiger partial charge in [-0.25, -0.2) is 0 Å². The number of nitrogens with one attached hydrogen (secondary N) is 1. The van der Waals surface area contributed by atoms with Crippen LogP contribution in [-0.2, 0) is 14.4 Å². The molecule has 2 aromatic carbocycles. The van der Waals surface area contributed by atoms with Gasteiger partial charge in [0.25, 0.3) is 11.8 Å². The Balaban J connectivity index is 1.64. The number of imide groups is 1. The molecule has 1 saturated heterocycles. The highest BCUT2D eigenvalue weighted by atomic mass is 32.2. The van der Waals surface area contributed by atoms with Crippen molar-refractivity contribution in [2.24, 2.45) is 11.8 Å². The van der Waals surface area contributed by atoms with Gasteiger partial charge >= 0.3 is 0 Å². The van der Waals surface area contributed by atoms with Crippen LogP contribution in [0.2, 0.25) is 0 Å². The molecule has 2 unspecified atom stereocenters. The summed E-state index contributed by atoms with van der Waals surface area (Å²) in [5, 5.41) is 10.4. The number of nitriles is 1. The first-order chi connectivity index (χ1) is 15.5. The number of hydrogen-bond acceptors (Lipinski definition) is 6. The second kappa shape index (κ2) is 7.84. The minimum absolute atomic E-state index is 0.140. The van der Waals surface area contributed by atoms with Crippen molar-refractivity contribution in [1.29, 1.82) is 5.26 Å². The van der Waals surface area contributed by atoms with Crippen molar-refractivity contribution in [3.05, 3.63) is 80.6 Å². The van der Waals surface area contributed by atoms with Gasteiger partial charge in [0.15, 0.2) is 0 Å². The standard InChI is InChI=1S/C24H19N3O3S2/c1-31-24(32-2)16(11-25)22(29)27-23(30)20-18-14-9-5-3-7-12(14)17(19(20)21(28)26-27)13-8-4-6-10-15(13)18/h3-10,17-20H,1-2H3,(H,26,28). The van der Waals surface area contributed by atoms with Crippen molar-refractivity contribution >= 4 is 41.2 Å². The highest BCUT2D eigenvalue weighted by molar-refractivity contribution is 8.21. The number of benzene rings is 2. The minimum Gasteiger partial charge on any atom is -0.273 e. The van der Waals surface area contributed by atoms with Gasteiger partial charge < -0.3 is 0 Å². The lowest BCUT2D eigenvalue weighted by atomic mass is 9.53. The van der Waals surface area contributed by atoms with Crippen LogP contribution >= 0.6 is 23.5 Å². The summed E-state index contributed by atoms with van der Waals surface area (Å²) >= 11 is 2.52. The Labute approximate surface area is 194 Å². The zero-order valence-corrected chi connectivity index (χ0v) is 19.0. The van der Waals surface area contributed by atoms with Gasteiger partial charge in [0, 0.05) is 11.8 Å². The molecule has 3 amide bonds. The molecular formula is C24H19N3O3S2. The topological polar surface area (TPSA) is 90.3 Å². The first-order valence-corrected chi connectivity index (χ1v) is 12.6. The fourth-order valence-electron chi connectivity index (χ4n) is 5.41. The maximum Gasteiger partial charge on any atom is 0.291 e. The molecule has 0 saturated carbocycles. The molecule has 32 heavy (non-hydrogen) atoms. The molecule has 1 aliphatic heterocycles. The summed E-state index contributed by atoms with van der Waals surface area (Å²) in [6, 6.07) is 17.7. The van der Waals surface area contributed by atoms with E-state index in [0.717, 1.165) is 27.3 Å². The minimum atomic E-state index is -0.786. The van der Waals surface area contributed by atoms with Crippen LogP contribution in [0.5, 0.6) is 0 Å². The Kier molecular flexibility index (Phi) is 5.11. The second-order valence-electron chi connectivity index (χ2n) is 7.90. The lowest BCUT2D eigenvalue weighted by molar-refractivity contribution is -0.165. The Morgan fingerprint density at radius 2 is 1.38 bits per heavy atom. The van der Waals surface area contributed by atoms with E-state index in [1.54, 1.807) is 12.5 Å². The lowest BCUT2D eigenvalue weighted by Gasteiger charge is -2.52. The average molecular weight is 462 g/mol. The Morgan fingerprint density at radius 1 is 0.906 bits per heavy atom. The number of carbonyl (C=O) groups is 3. The van der Waals surface area contributed by atoms with Gasteiger partial charge in [-0.15, -0.1) is 23.5 Å². The summed E-state index contributed by atoms with van der Waals surface area (Å²) in [4.78, 5) is 40.3. The van der Waals surface area contributed by atoms with E-state index in [2.05, 4.69) is 5.43 Å². The van der Waals surface area contributed by atoms with E-state index in [0.29, 0.717) is 4.24 Å².